The predicted octanol–water partition coefficient (Wildman–Crippen LogP) is 5.56. The standard InChI is InChI=1S/C31H47NO.Cs/c1-22(12-17-29(33)32-21-23-9-5-4-6-10-23)26-15-16-27-25-14-13-24-11-7-8-19-30(24,2)28(25)18-20-31(26,27)3;/h4-6,9-10,22,24-28H,7-8,11-21H2,1-3H3,(H,32,33);/q;+1/p-1. The summed E-state index contributed by atoms with van der Waals surface area (Å²) in [4.78, 5) is 12.5. The van der Waals surface area contributed by atoms with E-state index in [1.807, 2.05) is 18.2 Å². The van der Waals surface area contributed by atoms with E-state index in [0.29, 0.717) is 29.7 Å². The van der Waals surface area contributed by atoms with Crippen LogP contribution in [0.15, 0.2) is 30.3 Å². The van der Waals surface area contributed by atoms with Crippen molar-refractivity contribution in [1.82, 2.24) is 0 Å². The first kappa shape index (κ1) is 27.8. The number of fused-ring (bicyclic) bond motifs is 5. The minimum atomic E-state index is 0. The van der Waals surface area contributed by atoms with E-state index in [1.54, 1.807) is 0 Å². The normalized spacial score (nSPS) is 39.7. The van der Waals surface area contributed by atoms with Gasteiger partial charge in [0.2, 0.25) is 0 Å². The van der Waals surface area contributed by atoms with Gasteiger partial charge in [-0.15, -0.1) is 6.54 Å². The van der Waals surface area contributed by atoms with Crippen LogP contribution in [0.4, 0.5) is 0 Å². The van der Waals surface area contributed by atoms with Crippen LogP contribution >= 0.6 is 0 Å². The summed E-state index contributed by atoms with van der Waals surface area (Å²) in [7, 11) is 0. The Labute approximate surface area is 268 Å². The van der Waals surface area contributed by atoms with Crippen LogP contribution in [0.25, 0.3) is 5.32 Å². The van der Waals surface area contributed by atoms with Crippen molar-refractivity contribution in [3.05, 3.63) is 41.2 Å². The Hall–Kier alpha value is 0.742. The number of rotatable bonds is 6. The summed E-state index contributed by atoms with van der Waals surface area (Å²) in [5, 5.41) is 4.35. The minimum Gasteiger partial charge on any atom is -0.650 e. The zero-order chi connectivity index (χ0) is 23.1. The van der Waals surface area contributed by atoms with Crippen LogP contribution in [-0.2, 0) is 11.3 Å². The van der Waals surface area contributed by atoms with Gasteiger partial charge in [-0.25, -0.2) is 0 Å². The van der Waals surface area contributed by atoms with Gasteiger partial charge in [0.15, 0.2) is 0 Å². The van der Waals surface area contributed by atoms with Crippen LogP contribution in [0.1, 0.15) is 103 Å². The van der Waals surface area contributed by atoms with Crippen molar-refractivity contribution in [1.29, 1.82) is 0 Å². The maximum absolute atomic E-state index is 12.5. The smallest absolute Gasteiger partial charge is 0.650 e. The number of amides is 1. The zero-order valence-electron chi connectivity index (χ0n) is 22.4. The van der Waals surface area contributed by atoms with Crippen molar-refractivity contribution in [3.63, 3.8) is 0 Å². The number of hydrogen-bond acceptors (Lipinski definition) is 1. The molecular formula is C31H46CsNO. The number of nitrogens with zero attached hydrogens (tertiary/aromatic N) is 1. The van der Waals surface area contributed by atoms with Gasteiger partial charge in [0, 0.05) is 0 Å². The Morgan fingerprint density at radius 3 is 2.50 bits per heavy atom. The summed E-state index contributed by atoms with van der Waals surface area (Å²) in [6, 6.07) is 10.2. The van der Waals surface area contributed by atoms with Crippen LogP contribution in [-0.4, -0.2) is 5.91 Å². The van der Waals surface area contributed by atoms with E-state index >= 15 is 0 Å². The summed E-state index contributed by atoms with van der Waals surface area (Å²) < 4.78 is 0. The van der Waals surface area contributed by atoms with Crippen LogP contribution in [0.2, 0.25) is 0 Å². The van der Waals surface area contributed by atoms with Crippen LogP contribution < -0.4 is 68.9 Å². The molecule has 0 bridgehead atoms. The predicted molar refractivity (Wildman–Crippen MR) is 137 cm³/mol. The molecule has 0 heterocycles. The van der Waals surface area contributed by atoms with Gasteiger partial charge in [-0.2, -0.15) is 0 Å². The molecule has 4 aliphatic rings. The van der Waals surface area contributed by atoms with Crippen LogP contribution in [0.3, 0.4) is 0 Å². The average molecular weight is 582 g/mol. The van der Waals surface area contributed by atoms with E-state index in [2.05, 4.69) is 38.2 Å². The summed E-state index contributed by atoms with van der Waals surface area (Å²) >= 11 is 0. The van der Waals surface area contributed by atoms with Gasteiger partial charge in [-0.05, 0) is 111 Å². The Balaban J connectivity index is 0.00000274. The second kappa shape index (κ2) is 11.6. The first-order valence-electron chi connectivity index (χ1n) is 14.2. The monoisotopic (exact) mass is 581 g/mol. The zero-order valence-corrected chi connectivity index (χ0v) is 28.7. The van der Waals surface area contributed by atoms with Crippen molar-refractivity contribution in [2.24, 2.45) is 46.3 Å². The number of hydrogen-bond donors (Lipinski definition) is 0. The summed E-state index contributed by atoms with van der Waals surface area (Å²) in [6.45, 7) is 8.31. The van der Waals surface area contributed by atoms with Crippen LogP contribution in [0.5, 0.6) is 0 Å². The van der Waals surface area contributed by atoms with Crippen molar-refractivity contribution in [2.75, 3.05) is 0 Å². The first-order valence-corrected chi connectivity index (χ1v) is 14.2. The fourth-order valence-electron chi connectivity index (χ4n) is 9.66. The third-order valence-electron chi connectivity index (χ3n) is 11.4. The Morgan fingerprint density at radius 1 is 0.941 bits per heavy atom. The quantitative estimate of drug-likeness (QED) is 0.433. The molecule has 1 amide bonds. The maximum Gasteiger partial charge on any atom is 1.00 e. The first-order chi connectivity index (χ1) is 15.9. The SMILES string of the molecule is CC(CCC(=O)[N-]Cc1ccccc1)C1CCC2C3CCC4CCCCC4(C)C3CCC12C.[Cs+]. The van der Waals surface area contributed by atoms with Crippen molar-refractivity contribution >= 4 is 5.91 Å². The van der Waals surface area contributed by atoms with E-state index in [4.69, 9.17) is 0 Å². The number of benzene rings is 1. The molecule has 5 rings (SSSR count). The van der Waals surface area contributed by atoms with Gasteiger partial charge in [-0.1, -0.05) is 69.5 Å². The molecule has 0 N–H and O–H groups in total. The largest absolute Gasteiger partial charge is 1.00 e. The molecule has 4 aliphatic carbocycles. The molecule has 1 aromatic carbocycles. The second-order valence-corrected chi connectivity index (χ2v) is 12.8. The van der Waals surface area contributed by atoms with Crippen LogP contribution in [0, 0.1) is 46.3 Å². The van der Waals surface area contributed by atoms with Gasteiger partial charge in [0.1, 0.15) is 0 Å². The number of carbonyl (C=O) groups is 1. The van der Waals surface area contributed by atoms with Crippen molar-refractivity contribution in [3.8, 4) is 0 Å². The molecule has 2 nitrogen and oxygen atoms in total. The number of carbonyl (C=O) groups excluding carboxylic acids is 1. The third kappa shape index (κ3) is 5.32. The molecular weight excluding hydrogens is 535 g/mol. The summed E-state index contributed by atoms with van der Waals surface area (Å²) in [5.74, 6) is 5.43. The molecule has 1 aromatic rings. The van der Waals surface area contributed by atoms with E-state index in [0.717, 1.165) is 41.6 Å². The molecule has 0 aromatic heterocycles. The molecule has 4 fully saturated rings. The van der Waals surface area contributed by atoms with Gasteiger partial charge in [0.05, 0.1) is 5.91 Å². The molecule has 0 saturated heterocycles. The third-order valence-corrected chi connectivity index (χ3v) is 11.4. The van der Waals surface area contributed by atoms with E-state index < -0.39 is 0 Å². The molecule has 8 unspecified atom stereocenters. The molecule has 0 spiro atoms. The Morgan fingerprint density at radius 2 is 1.71 bits per heavy atom. The minimum absolute atomic E-state index is 0. The van der Waals surface area contributed by atoms with Crippen molar-refractivity contribution in [2.45, 2.75) is 104 Å². The molecule has 3 heteroatoms. The molecule has 34 heavy (non-hydrogen) atoms. The average Bonchev–Trinajstić information content (AvgIpc) is 3.19. The maximum atomic E-state index is 12.5. The fraction of sp³-hybridized carbons (Fsp3) is 0.774. The van der Waals surface area contributed by atoms with Gasteiger partial charge >= 0.3 is 68.9 Å². The molecule has 0 aliphatic heterocycles. The Bertz CT molecular complexity index is 826. The van der Waals surface area contributed by atoms with E-state index in [9.17, 15) is 4.79 Å². The van der Waals surface area contributed by atoms with Gasteiger partial charge < -0.3 is 10.1 Å². The Kier molecular flexibility index (Phi) is 9.51. The van der Waals surface area contributed by atoms with E-state index in [-0.39, 0.29) is 74.8 Å². The molecule has 0 radical (unpaired) electrons. The second-order valence-electron chi connectivity index (χ2n) is 12.8. The summed E-state index contributed by atoms with van der Waals surface area (Å²) in [6.07, 6.45) is 16.3. The fourth-order valence-corrected chi connectivity index (χ4v) is 9.66. The van der Waals surface area contributed by atoms with Crippen molar-refractivity contribution < 1.29 is 73.7 Å². The molecule has 182 valence electrons. The van der Waals surface area contributed by atoms with Gasteiger partial charge in [-0.3, -0.25) is 0 Å². The summed E-state index contributed by atoms with van der Waals surface area (Å²) in [5.41, 5.74) is 2.27. The topological polar surface area (TPSA) is 31.2 Å². The molecule has 8 atom stereocenters. The van der Waals surface area contributed by atoms with Gasteiger partial charge in [0.25, 0.3) is 0 Å². The van der Waals surface area contributed by atoms with E-state index in [1.165, 1.54) is 64.2 Å². The molecule has 4 saturated carbocycles.